The molecule has 0 bridgehead atoms. The molecular formula is C29H32Cl2FN3O4S. The Kier molecular flexibility index (Phi) is 10.6. The number of hydrogen-bond donors (Lipinski definition) is 1. The third-order valence-electron chi connectivity index (χ3n) is 6.57. The zero-order chi connectivity index (χ0) is 29.6. The largest absolute Gasteiger partial charge is 0.352 e. The van der Waals surface area contributed by atoms with Gasteiger partial charge in [-0.15, -0.1) is 0 Å². The average Bonchev–Trinajstić information content (AvgIpc) is 2.91. The Balaban J connectivity index is 2.08. The molecule has 7 nitrogen and oxygen atoms in total. The van der Waals surface area contributed by atoms with E-state index in [4.69, 9.17) is 23.2 Å². The number of carbonyl (C=O) groups excluding carboxylic acids is 2. The highest BCUT2D eigenvalue weighted by atomic mass is 35.5. The quantitative estimate of drug-likeness (QED) is 0.291. The Bertz CT molecular complexity index is 1450. The number of para-hydroxylation sites is 1. The van der Waals surface area contributed by atoms with Gasteiger partial charge in [0.25, 0.3) is 10.0 Å². The van der Waals surface area contributed by atoms with Gasteiger partial charge >= 0.3 is 0 Å². The summed E-state index contributed by atoms with van der Waals surface area (Å²) in [6.07, 6.45) is 0.665. The number of rotatable bonds is 11. The van der Waals surface area contributed by atoms with E-state index in [1.54, 1.807) is 37.3 Å². The van der Waals surface area contributed by atoms with Crippen molar-refractivity contribution in [2.75, 3.05) is 10.8 Å². The summed E-state index contributed by atoms with van der Waals surface area (Å²) < 4.78 is 43.3. The summed E-state index contributed by atoms with van der Waals surface area (Å²) in [4.78, 5) is 28.1. The van der Waals surface area contributed by atoms with Crippen LogP contribution in [0.5, 0.6) is 0 Å². The van der Waals surface area contributed by atoms with Gasteiger partial charge in [-0.25, -0.2) is 12.8 Å². The molecule has 3 aromatic rings. The minimum atomic E-state index is -4.39. The summed E-state index contributed by atoms with van der Waals surface area (Å²) in [6.45, 7) is 6.11. The normalized spacial score (nSPS) is 12.9. The van der Waals surface area contributed by atoms with Crippen molar-refractivity contribution < 1.29 is 22.4 Å². The molecule has 2 atom stereocenters. The summed E-state index contributed by atoms with van der Waals surface area (Å²) in [7, 11) is -4.39. The molecule has 2 amide bonds. The van der Waals surface area contributed by atoms with Crippen molar-refractivity contribution in [3.8, 4) is 0 Å². The topological polar surface area (TPSA) is 86.8 Å². The Labute approximate surface area is 244 Å². The maximum atomic E-state index is 15.0. The van der Waals surface area contributed by atoms with Crippen LogP contribution >= 0.6 is 23.2 Å². The lowest BCUT2D eigenvalue weighted by Crippen LogP contribution is -2.52. The fourth-order valence-electron chi connectivity index (χ4n) is 3.91. The fourth-order valence-corrected chi connectivity index (χ4v) is 5.85. The lowest BCUT2D eigenvalue weighted by molar-refractivity contribution is -0.139. The van der Waals surface area contributed by atoms with Crippen molar-refractivity contribution in [3.05, 3.63) is 93.7 Å². The summed E-state index contributed by atoms with van der Waals surface area (Å²) >= 11 is 12.8. The van der Waals surface area contributed by atoms with Gasteiger partial charge in [0, 0.05) is 28.2 Å². The predicted molar refractivity (Wildman–Crippen MR) is 156 cm³/mol. The highest BCUT2D eigenvalue weighted by Crippen LogP contribution is 2.29. The molecule has 0 saturated heterocycles. The van der Waals surface area contributed by atoms with Crippen molar-refractivity contribution in [1.29, 1.82) is 0 Å². The number of nitrogens with zero attached hydrogens (tertiary/aromatic N) is 2. The third-order valence-corrected chi connectivity index (χ3v) is 9.05. The standard InChI is InChI=1S/C29H32Cl2FN3O4S/c1-5-20(3)33-29(37)21(4)34(17-23-24(30)9-8-10-25(23)31)28(36)18-35(27-12-7-6-11-26(27)32)40(38,39)22-15-13-19(2)14-16-22/h6-16,20-21H,5,17-18H2,1-4H3,(H,33,37). The van der Waals surface area contributed by atoms with E-state index in [-0.39, 0.29) is 33.2 Å². The van der Waals surface area contributed by atoms with E-state index in [1.165, 1.54) is 42.2 Å². The first-order valence-corrected chi connectivity index (χ1v) is 14.9. The Morgan fingerprint density at radius 2 is 1.55 bits per heavy atom. The molecule has 214 valence electrons. The molecule has 0 saturated carbocycles. The molecule has 3 rings (SSSR count). The van der Waals surface area contributed by atoms with Crippen LogP contribution in [0.25, 0.3) is 0 Å². The number of carbonyl (C=O) groups is 2. The Morgan fingerprint density at radius 3 is 2.12 bits per heavy atom. The van der Waals surface area contributed by atoms with Crippen LogP contribution in [0.3, 0.4) is 0 Å². The molecule has 11 heteroatoms. The smallest absolute Gasteiger partial charge is 0.264 e. The summed E-state index contributed by atoms with van der Waals surface area (Å²) in [5, 5.41) is 3.40. The third kappa shape index (κ3) is 7.33. The first-order chi connectivity index (χ1) is 18.9. The van der Waals surface area contributed by atoms with E-state index < -0.39 is 40.2 Å². The number of anilines is 1. The molecule has 0 aliphatic heterocycles. The first kappa shape index (κ1) is 31.4. The number of sulfonamides is 1. The van der Waals surface area contributed by atoms with Gasteiger partial charge in [-0.05, 0) is 63.6 Å². The van der Waals surface area contributed by atoms with Gasteiger partial charge in [-0.3, -0.25) is 13.9 Å². The lowest BCUT2D eigenvalue weighted by Gasteiger charge is -2.33. The van der Waals surface area contributed by atoms with Crippen molar-refractivity contribution in [3.63, 3.8) is 0 Å². The second-order valence-electron chi connectivity index (χ2n) is 9.49. The van der Waals surface area contributed by atoms with Crippen LogP contribution in [0.1, 0.15) is 38.3 Å². The fraction of sp³-hybridized carbons (Fsp3) is 0.310. The minimum Gasteiger partial charge on any atom is -0.352 e. The van der Waals surface area contributed by atoms with Gasteiger partial charge < -0.3 is 10.2 Å². The predicted octanol–water partition coefficient (Wildman–Crippen LogP) is 5.97. The van der Waals surface area contributed by atoms with E-state index >= 15 is 0 Å². The maximum Gasteiger partial charge on any atom is 0.264 e. The zero-order valence-electron chi connectivity index (χ0n) is 22.7. The van der Waals surface area contributed by atoms with E-state index in [1.807, 2.05) is 13.8 Å². The molecule has 1 N–H and O–H groups in total. The molecule has 40 heavy (non-hydrogen) atoms. The van der Waals surface area contributed by atoms with Gasteiger partial charge in [-0.2, -0.15) is 0 Å². The van der Waals surface area contributed by atoms with E-state index in [2.05, 4.69) is 5.32 Å². The number of nitrogens with one attached hydrogen (secondary N) is 1. The maximum absolute atomic E-state index is 15.0. The molecule has 0 aliphatic rings. The summed E-state index contributed by atoms with van der Waals surface area (Å²) in [5.74, 6) is -2.01. The van der Waals surface area contributed by atoms with Crippen LogP contribution in [0.15, 0.2) is 71.6 Å². The van der Waals surface area contributed by atoms with E-state index in [0.29, 0.717) is 12.0 Å². The van der Waals surface area contributed by atoms with Gasteiger partial charge in [0.2, 0.25) is 11.8 Å². The van der Waals surface area contributed by atoms with Crippen LogP contribution in [0, 0.1) is 12.7 Å². The van der Waals surface area contributed by atoms with Crippen LogP contribution < -0.4 is 9.62 Å². The molecular weight excluding hydrogens is 576 g/mol. The van der Waals surface area contributed by atoms with Gasteiger partial charge in [-0.1, -0.05) is 66.0 Å². The van der Waals surface area contributed by atoms with Crippen LogP contribution in [0.4, 0.5) is 10.1 Å². The molecule has 0 aliphatic carbocycles. The molecule has 0 fully saturated rings. The molecule has 3 aromatic carbocycles. The average molecular weight is 609 g/mol. The molecule has 0 spiro atoms. The second-order valence-corrected chi connectivity index (χ2v) is 12.2. The monoisotopic (exact) mass is 607 g/mol. The first-order valence-electron chi connectivity index (χ1n) is 12.7. The van der Waals surface area contributed by atoms with E-state index in [0.717, 1.165) is 15.9 Å². The van der Waals surface area contributed by atoms with Gasteiger partial charge in [0.15, 0.2) is 0 Å². The molecule has 2 unspecified atom stereocenters. The molecule has 0 radical (unpaired) electrons. The van der Waals surface area contributed by atoms with E-state index in [9.17, 15) is 22.4 Å². The Morgan fingerprint density at radius 1 is 0.950 bits per heavy atom. The number of aryl methyl sites for hydroxylation is 1. The highest BCUT2D eigenvalue weighted by molar-refractivity contribution is 7.92. The Hall–Kier alpha value is -3.14. The number of benzene rings is 3. The van der Waals surface area contributed by atoms with Gasteiger partial charge in [0.1, 0.15) is 18.4 Å². The van der Waals surface area contributed by atoms with Crippen LogP contribution in [-0.4, -0.2) is 43.8 Å². The van der Waals surface area contributed by atoms with Crippen LogP contribution in [-0.2, 0) is 26.2 Å². The summed E-state index contributed by atoms with van der Waals surface area (Å²) in [6, 6.07) is 15.0. The van der Waals surface area contributed by atoms with Crippen molar-refractivity contribution in [2.45, 2.75) is 57.6 Å². The minimum absolute atomic E-state index is 0.114. The lowest BCUT2D eigenvalue weighted by atomic mass is 10.1. The number of halogens is 3. The molecule has 0 heterocycles. The summed E-state index contributed by atoms with van der Waals surface area (Å²) in [5.41, 5.74) is 0.918. The molecule has 0 aromatic heterocycles. The number of amides is 2. The number of hydrogen-bond acceptors (Lipinski definition) is 4. The second kappa shape index (κ2) is 13.5. The SMILES string of the molecule is CCC(C)NC(=O)C(C)N(Cc1c(Cl)cccc1Cl)C(=O)CN(c1ccccc1F)S(=O)(=O)c1ccc(C)cc1. The zero-order valence-corrected chi connectivity index (χ0v) is 25.0. The van der Waals surface area contributed by atoms with Crippen LogP contribution in [0.2, 0.25) is 10.0 Å². The highest BCUT2D eigenvalue weighted by Gasteiger charge is 2.34. The van der Waals surface area contributed by atoms with Crippen molar-refractivity contribution >= 4 is 50.7 Å². The van der Waals surface area contributed by atoms with Crippen molar-refractivity contribution in [2.24, 2.45) is 0 Å². The van der Waals surface area contributed by atoms with Gasteiger partial charge in [0.05, 0.1) is 10.6 Å². The van der Waals surface area contributed by atoms with Crippen molar-refractivity contribution in [1.82, 2.24) is 10.2 Å².